The van der Waals surface area contributed by atoms with Crippen molar-refractivity contribution in [2.45, 2.75) is 78.6 Å². The highest BCUT2D eigenvalue weighted by Gasteiger charge is 2.28. The number of aromatic nitrogens is 4. The zero-order chi connectivity index (χ0) is 31.0. The molecule has 2 fully saturated rings. The highest BCUT2D eigenvalue weighted by atomic mass is 16.2. The van der Waals surface area contributed by atoms with E-state index in [0.29, 0.717) is 24.8 Å². The van der Waals surface area contributed by atoms with Crippen LogP contribution in [0, 0.1) is 19.8 Å². The van der Waals surface area contributed by atoms with Gasteiger partial charge in [-0.3, -0.25) is 9.59 Å². The van der Waals surface area contributed by atoms with Crippen molar-refractivity contribution in [1.82, 2.24) is 34.7 Å². The van der Waals surface area contributed by atoms with E-state index in [-0.39, 0.29) is 17.7 Å². The molecule has 0 radical (unpaired) electrons. The number of hydrogen-bond donors (Lipinski definition) is 2. The van der Waals surface area contributed by atoms with Crippen LogP contribution in [0.2, 0.25) is 0 Å². The SMILES string of the molecule is CCNC(=O)C1CCCN(CCC(=O)N2CCC(c3ccc4[nH]c(-c5cn6ncnc6c(C)c5C)c(C(C)C)c4c3)CC2)C1. The molecule has 9 heteroatoms. The highest BCUT2D eigenvalue weighted by molar-refractivity contribution is 5.93. The Labute approximate surface area is 260 Å². The van der Waals surface area contributed by atoms with Crippen LogP contribution in [0.3, 0.4) is 0 Å². The topological polar surface area (TPSA) is 98.6 Å². The number of hydrogen-bond acceptors (Lipinski definition) is 5. The molecule has 1 unspecified atom stereocenters. The normalized spacial score (nSPS) is 18.5. The van der Waals surface area contributed by atoms with Gasteiger partial charge in [-0.25, -0.2) is 9.50 Å². The summed E-state index contributed by atoms with van der Waals surface area (Å²) in [5, 5.41) is 8.67. The third-order valence-electron chi connectivity index (χ3n) is 10.0. The fourth-order valence-electron chi connectivity index (χ4n) is 7.42. The molecule has 2 amide bonds. The molecular formula is C35H47N7O2. The van der Waals surface area contributed by atoms with Crippen LogP contribution in [-0.2, 0) is 9.59 Å². The summed E-state index contributed by atoms with van der Waals surface area (Å²) in [6, 6.07) is 6.90. The number of amides is 2. The third kappa shape index (κ3) is 5.86. The number of rotatable bonds is 8. The Morgan fingerprint density at radius 3 is 2.64 bits per heavy atom. The highest BCUT2D eigenvalue weighted by Crippen LogP contribution is 2.40. The molecule has 2 N–H and O–H groups in total. The average Bonchev–Trinajstić information content (AvgIpc) is 3.66. The van der Waals surface area contributed by atoms with E-state index in [0.717, 1.165) is 86.4 Å². The fourth-order valence-corrected chi connectivity index (χ4v) is 7.42. The van der Waals surface area contributed by atoms with Crippen LogP contribution >= 0.6 is 0 Å². The molecule has 2 aliphatic heterocycles. The Hall–Kier alpha value is -3.72. The summed E-state index contributed by atoms with van der Waals surface area (Å²) in [5.74, 6) is 1.22. The smallest absolute Gasteiger partial charge is 0.224 e. The van der Waals surface area contributed by atoms with Gasteiger partial charge in [0.1, 0.15) is 6.33 Å². The van der Waals surface area contributed by atoms with Crippen molar-refractivity contribution in [3.05, 3.63) is 53.0 Å². The zero-order valence-corrected chi connectivity index (χ0v) is 26.9. The lowest BCUT2D eigenvalue weighted by Gasteiger charge is -2.34. The van der Waals surface area contributed by atoms with Gasteiger partial charge >= 0.3 is 0 Å². The van der Waals surface area contributed by atoms with Crippen LogP contribution in [0.5, 0.6) is 0 Å². The van der Waals surface area contributed by atoms with E-state index in [4.69, 9.17) is 0 Å². The molecule has 6 rings (SSSR count). The third-order valence-corrected chi connectivity index (χ3v) is 10.0. The lowest BCUT2D eigenvalue weighted by atomic mass is 9.87. The summed E-state index contributed by atoms with van der Waals surface area (Å²) < 4.78 is 1.88. The number of piperidine rings is 2. The predicted molar refractivity (Wildman–Crippen MR) is 175 cm³/mol. The van der Waals surface area contributed by atoms with Crippen LogP contribution in [-0.4, -0.2) is 80.5 Å². The first kappa shape index (κ1) is 30.3. The Bertz CT molecular complexity index is 1660. The number of H-pyrrole nitrogens is 1. The molecule has 0 spiro atoms. The van der Waals surface area contributed by atoms with Crippen LogP contribution in [0.15, 0.2) is 30.7 Å². The number of pyridine rings is 1. The summed E-state index contributed by atoms with van der Waals surface area (Å²) in [7, 11) is 0. The summed E-state index contributed by atoms with van der Waals surface area (Å²) in [6.07, 6.45) is 8.17. The summed E-state index contributed by atoms with van der Waals surface area (Å²) >= 11 is 0. The second-order valence-corrected chi connectivity index (χ2v) is 13.1. The minimum atomic E-state index is 0.0461. The van der Waals surface area contributed by atoms with Crippen LogP contribution in [0.25, 0.3) is 27.8 Å². The van der Waals surface area contributed by atoms with Gasteiger partial charge in [-0.2, -0.15) is 5.10 Å². The Kier molecular flexibility index (Phi) is 8.76. The maximum atomic E-state index is 13.2. The number of aromatic amines is 1. The predicted octanol–water partition coefficient (Wildman–Crippen LogP) is 5.56. The standard InChI is InChI=1S/C35H47N7O2/c1-6-36-35(44)27-8-7-14-40(19-27)15-13-31(43)41-16-11-25(12-17-41)26-9-10-30-28(18-26)32(22(2)3)33(39-30)29-20-42-34(37-21-38-42)24(5)23(29)4/h9-10,18,20-22,25,27,39H,6-8,11-17,19H2,1-5H3,(H,36,44). The van der Waals surface area contributed by atoms with Gasteiger partial charge in [0, 0.05) is 61.8 Å². The van der Waals surface area contributed by atoms with Crippen LogP contribution in [0.1, 0.15) is 87.0 Å². The zero-order valence-electron chi connectivity index (χ0n) is 26.9. The van der Waals surface area contributed by atoms with Crippen molar-refractivity contribution in [3.63, 3.8) is 0 Å². The van der Waals surface area contributed by atoms with Gasteiger partial charge in [-0.05, 0) is 99.2 Å². The minimum absolute atomic E-state index is 0.0461. The Morgan fingerprint density at radius 1 is 1.09 bits per heavy atom. The number of likely N-dealkylation sites (tertiary alicyclic amines) is 2. The molecule has 2 saturated heterocycles. The molecule has 44 heavy (non-hydrogen) atoms. The van der Waals surface area contributed by atoms with Crippen molar-refractivity contribution >= 4 is 28.4 Å². The average molecular weight is 598 g/mol. The maximum Gasteiger partial charge on any atom is 0.224 e. The first-order valence-corrected chi connectivity index (χ1v) is 16.5. The fraction of sp³-hybridized carbons (Fsp3) is 0.543. The van der Waals surface area contributed by atoms with E-state index in [9.17, 15) is 9.59 Å². The van der Waals surface area contributed by atoms with E-state index in [1.165, 1.54) is 22.1 Å². The van der Waals surface area contributed by atoms with Crippen LogP contribution in [0.4, 0.5) is 0 Å². The lowest BCUT2D eigenvalue weighted by Crippen LogP contribution is -2.44. The summed E-state index contributed by atoms with van der Waals surface area (Å²) in [4.78, 5) is 38.0. The molecule has 3 aromatic heterocycles. The molecule has 1 aromatic carbocycles. The lowest BCUT2D eigenvalue weighted by molar-refractivity contribution is -0.132. The number of fused-ring (bicyclic) bond motifs is 2. The maximum absolute atomic E-state index is 13.2. The molecule has 9 nitrogen and oxygen atoms in total. The molecule has 234 valence electrons. The first-order valence-electron chi connectivity index (χ1n) is 16.5. The number of carbonyl (C=O) groups is 2. The molecule has 2 aliphatic rings. The summed E-state index contributed by atoms with van der Waals surface area (Å²) in [6.45, 7) is 15.5. The van der Waals surface area contributed by atoms with E-state index in [2.05, 4.69) is 82.3 Å². The number of benzene rings is 1. The van der Waals surface area contributed by atoms with Crippen molar-refractivity contribution in [1.29, 1.82) is 0 Å². The quantitative estimate of drug-likeness (QED) is 0.277. The molecule has 5 heterocycles. The molecular weight excluding hydrogens is 550 g/mol. The number of nitrogens with zero attached hydrogens (tertiary/aromatic N) is 5. The van der Waals surface area contributed by atoms with Gasteiger partial charge < -0.3 is 20.1 Å². The second-order valence-electron chi connectivity index (χ2n) is 13.1. The van der Waals surface area contributed by atoms with Gasteiger partial charge in [0.15, 0.2) is 5.65 Å². The molecule has 4 aromatic rings. The van der Waals surface area contributed by atoms with E-state index >= 15 is 0 Å². The summed E-state index contributed by atoms with van der Waals surface area (Å²) in [5.41, 5.74) is 9.45. The van der Waals surface area contributed by atoms with Gasteiger partial charge in [-0.15, -0.1) is 0 Å². The van der Waals surface area contributed by atoms with Gasteiger partial charge in [-0.1, -0.05) is 19.9 Å². The minimum Gasteiger partial charge on any atom is -0.356 e. The molecule has 0 saturated carbocycles. The number of aryl methyl sites for hydroxylation is 1. The first-order chi connectivity index (χ1) is 21.2. The van der Waals surface area contributed by atoms with Gasteiger partial charge in [0.2, 0.25) is 11.8 Å². The molecule has 0 bridgehead atoms. The number of carbonyl (C=O) groups excluding carboxylic acids is 2. The van der Waals surface area contributed by atoms with E-state index in [1.54, 1.807) is 6.33 Å². The second kappa shape index (κ2) is 12.7. The van der Waals surface area contributed by atoms with Gasteiger partial charge in [0.25, 0.3) is 0 Å². The number of nitrogens with one attached hydrogen (secondary N) is 2. The monoisotopic (exact) mass is 597 g/mol. The Morgan fingerprint density at radius 2 is 1.89 bits per heavy atom. The van der Waals surface area contributed by atoms with Crippen molar-refractivity contribution in [2.75, 3.05) is 39.3 Å². The van der Waals surface area contributed by atoms with E-state index in [1.807, 2.05) is 11.4 Å². The largest absolute Gasteiger partial charge is 0.356 e. The van der Waals surface area contributed by atoms with Crippen molar-refractivity contribution in [2.24, 2.45) is 5.92 Å². The Balaban J connectivity index is 1.13. The molecule has 0 aliphatic carbocycles. The van der Waals surface area contributed by atoms with Crippen molar-refractivity contribution in [3.8, 4) is 11.3 Å². The molecule has 1 atom stereocenters. The van der Waals surface area contributed by atoms with Crippen molar-refractivity contribution < 1.29 is 9.59 Å². The van der Waals surface area contributed by atoms with E-state index < -0.39 is 0 Å². The van der Waals surface area contributed by atoms with Crippen LogP contribution < -0.4 is 5.32 Å². The van der Waals surface area contributed by atoms with Gasteiger partial charge in [0.05, 0.1) is 11.6 Å².